The van der Waals surface area contributed by atoms with Crippen LogP contribution in [0.3, 0.4) is 0 Å². The minimum atomic E-state index is -0.909. The van der Waals surface area contributed by atoms with Gasteiger partial charge in [0.25, 0.3) is 0 Å². The summed E-state index contributed by atoms with van der Waals surface area (Å²) in [4.78, 5) is 11.1. The summed E-state index contributed by atoms with van der Waals surface area (Å²) >= 11 is 6.17. The number of carbonyl (C=O) groups excluding carboxylic acids is 1. The highest BCUT2D eigenvalue weighted by Crippen LogP contribution is 2.29. The summed E-state index contributed by atoms with van der Waals surface area (Å²) in [6.45, 7) is 0. The molecule has 1 aromatic carbocycles. The summed E-state index contributed by atoms with van der Waals surface area (Å²) in [5, 5.41) is 9.49. The maximum Gasteiger partial charge on any atom is 0.330 e. The Balaban J connectivity index is 2.07. The highest BCUT2D eigenvalue weighted by Gasteiger charge is 2.30. The van der Waals surface area contributed by atoms with E-state index in [1.807, 2.05) is 30.3 Å². The average molecular weight is 253 g/mol. The Morgan fingerprint density at radius 3 is 2.71 bits per heavy atom. The molecule has 0 fully saturated rings. The van der Waals surface area contributed by atoms with Gasteiger partial charge in [0.1, 0.15) is 12.2 Å². The molecule has 0 bridgehead atoms. The minimum Gasteiger partial charge on any atom is -0.456 e. The maximum absolute atomic E-state index is 11.1. The van der Waals surface area contributed by atoms with Gasteiger partial charge in [-0.05, 0) is 5.56 Å². The van der Waals surface area contributed by atoms with E-state index >= 15 is 0 Å². The number of hydrogen-bond donors (Lipinski definition) is 1. The van der Waals surface area contributed by atoms with Gasteiger partial charge in [0, 0.05) is 12.5 Å². The first-order chi connectivity index (χ1) is 8.18. The molecule has 1 N–H and O–H groups in total. The third kappa shape index (κ3) is 2.87. The largest absolute Gasteiger partial charge is 0.456 e. The second kappa shape index (κ2) is 5.34. The number of aliphatic hydroxyl groups excluding tert-OH is 1. The first-order valence-electron chi connectivity index (χ1n) is 5.42. The Morgan fingerprint density at radius 1 is 1.35 bits per heavy atom. The molecule has 3 nitrogen and oxygen atoms in total. The Hall–Kier alpha value is -1.32. The highest BCUT2D eigenvalue weighted by molar-refractivity contribution is 6.21. The first kappa shape index (κ1) is 12.1. The molecule has 0 unspecified atom stereocenters. The lowest BCUT2D eigenvalue weighted by Crippen LogP contribution is -2.35. The van der Waals surface area contributed by atoms with Crippen LogP contribution in [0, 0.1) is 0 Å². The molecule has 1 heterocycles. The maximum atomic E-state index is 11.1. The van der Waals surface area contributed by atoms with Crippen LogP contribution in [0.25, 0.3) is 0 Å². The van der Waals surface area contributed by atoms with Crippen LogP contribution in [0.5, 0.6) is 0 Å². The zero-order valence-corrected chi connectivity index (χ0v) is 9.88. The zero-order valence-electron chi connectivity index (χ0n) is 9.12. The van der Waals surface area contributed by atoms with Crippen LogP contribution in [0.1, 0.15) is 17.4 Å². The van der Waals surface area contributed by atoms with Crippen molar-refractivity contribution in [2.24, 2.45) is 0 Å². The number of halogens is 1. The van der Waals surface area contributed by atoms with Gasteiger partial charge < -0.3 is 9.84 Å². The fraction of sp³-hybridized carbons (Fsp3) is 0.308. The standard InChI is InChI=1S/C13H13ClO3/c14-12(9-5-2-1-3-6-9)13(16)10-7-4-8-11(15)17-10/h1-6,8,10,12-13,16H,7H2/t10-,12+,13-/m1/s1. The monoisotopic (exact) mass is 252 g/mol. The molecular formula is C13H13ClO3. The van der Waals surface area contributed by atoms with E-state index in [4.69, 9.17) is 16.3 Å². The summed E-state index contributed by atoms with van der Waals surface area (Å²) < 4.78 is 5.03. The molecule has 3 atom stereocenters. The number of benzene rings is 1. The van der Waals surface area contributed by atoms with Crippen LogP contribution in [0.2, 0.25) is 0 Å². The number of carbonyl (C=O) groups is 1. The Labute approximate surface area is 105 Å². The van der Waals surface area contributed by atoms with E-state index in [9.17, 15) is 9.90 Å². The van der Waals surface area contributed by atoms with Crippen molar-refractivity contribution in [2.75, 3.05) is 0 Å². The number of alkyl halides is 1. The predicted molar refractivity (Wildman–Crippen MR) is 64.7 cm³/mol. The fourth-order valence-corrected chi connectivity index (χ4v) is 2.07. The molecule has 90 valence electrons. The number of hydrogen-bond acceptors (Lipinski definition) is 3. The molecule has 1 aliphatic heterocycles. The van der Waals surface area contributed by atoms with Crippen molar-refractivity contribution in [3.63, 3.8) is 0 Å². The molecule has 1 aliphatic rings. The van der Waals surface area contributed by atoms with Gasteiger partial charge in [-0.15, -0.1) is 11.6 Å². The molecule has 0 saturated carbocycles. The zero-order chi connectivity index (χ0) is 12.3. The molecule has 0 spiro atoms. The Bertz CT molecular complexity index is 416. The van der Waals surface area contributed by atoms with Crippen molar-refractivity contribution in [1.29, 1.82) is 0 Å². The van der Waals surface area contributed by atoms with Crippen molar-refractivity contribution in [3.8, 4) is 0 Å². The summed E-state index contributed by atoms with van der Waals surface area (Å²) in [6.07, 6.45) is 2.05. The van der Waals surface area contributed by atoms with Gasteiger partial charge in [-0.2, -0.15) is 0 Å². The molecule has 17 heavy (non-hydrogen) atoms. The topological polar surface area (TPSA) is 46.5 Å². The first-order valence-corrected chi connectivity index (χ1v) is 5.86. The van der Waals surface area contributed by atoms with Crippen molar-refractivity contribution < 1.29 is 14.6 Å². The van der Waals surface area contributed by atoms with Gasteiger partial charge in [-0.1, -0.05) is 36.4 Å². The van der Waals surface area contributed by atoms with Crippen LogP contribution < -0.4 is 0 Å². The normalized spacial score (nSPS) is 22.9. The number of ether oxygens (including phenoxy) is 1. The van der Waals surface area contributed by atoms with Crippen LogP contribution in [-0.2, 0) is 9.53 Å². The minimum absolute atomic E-state index is 0.433. The second-order valence-electron chi connectivity index (χ2n) is 3.92. The predicted octanol–water partition coefficient (Wildman–Crippen LogP) is 2.20. The molecule has 0 amide bonds. The molecule has 4 heteroatoms. The summed E-state index contributed by atoms with van der Waals surface area (Å²) in [5.74, 6) is -0.433. The van der Waals surface area contributed by atoms with Crippen LogP contribution >= 0.6 is 11.6 Å². The summed E-state index contributed by atoms with van der Waals surface area (Å²) in [7, 11) is 0. The van der Waals surface area contributed by atoms with Crippen molar-refractivity contribution >= 4 is 17.6 Å². The van der Waals surface area contributed by atoms with E-state index in [0.717, 1.165) is 5.56 Å². The van der Waals surface area contributed by atoms with Crippen LogP contribution in [0.4, 0.5) is 0 Å². The average Bonchev–Trinajstić information content (AvgIpc) is 2.38. The van der Waals surface area contributed by atoms with Crippen molar-refractivity contribution in [1.82, 2.24) is 0 Å². The van der Waals surface area contributed by atoms with Gasteiger partial charge in [0.05, 0.1) is 5.38 Å². The molecule has 1 aromatic rings. The third-order valence-electron chi connectivity index (χ3n) is 2.69. The lowest BCUT2D eigenvalue weighted by molar-refractivity contribution is -0.150. The van der Waals surface area contributed by atoms with E-state index < -0.39 is 23.6 Å². The van der Waals surface area contributed by atoms with Gasteiger partial charge >= 0.3 is 5.97 Å². The number of esters is 1. The van der Waals surface area contributed by atoms with Crippen LogP contribution in [0.15, 0.2) is 42.5 Å². The highest BCUT2D eigenvalue weighted by atomic mass is 35.5. The summed E-state index contributed by atoms with van der Waals surface area (Å²) in [6, 6.07) is 9.25. The lowest BCUT2D eigenvalue weighted by Gasteiger charge is -2.27. The van der Waals surface area contributed by atoms with E-state index in [2.05, 4.69) is 0 Å². The number of aliphatic hydroxyl groups is 1. The van der Waals surface area contributed by atoms with Crippen molar-refractivity contribution in [3.05, 3.63) is 48.0 Å². The van der Waals surface area contributed by atoms with E-state index in [-0.39, 0.29) is 0 Å². The number of rotatable bonds is 3. The fourth-order valence-electron chi connectivity index (χ4n) is 1.77. The smallest absolute Gasteiger partial charge is 0.330 e. The second-order valence-corrected chi connectivity index (χ2v) is 4.39. The molecule has 0 radical (unpaired) electrons. The van der Waals surface area contributed by atoms with E-state index in [1.54, 1.807) is 6.08 Å². The number of cyclic esters (lactones) is 1. The molecule has 0 aromatic heterocycles. The van der Waals surface area contributed by atoms with Gasteiger partial charge in [-0.25, -0.2) is 4.79 Å². The van der Waals surface area contributed by atoms with E-state index in [0.29, 0.717) is 6.42 Å². The molecule has 2 rings (SSSR count). The molecular weight excluding hydrogens is 240 g/mol. The Morgan fingerprint density at radius 2 is 2.06 bits per heavy atom. The van der Waals surface area contributed by atoms with Gasteiger partial charge in [0.15, 0.2) is 0 Å². The third-order valence-corrected chi connectivity index (χ3v) is 3.20. The molecule has 0 aliphatic carbocycles. The van der Waals surface area contributed by atoms with Crippen LogP contribution in [-0.4, -0.2) is 23.3 Å². The van der Waals surface area contributed by atoms with Crippen molar-refractivity contribution in [2.45, 2.75) is 24.0 Å². The molecule has 0 saturated heterocycles. The quantitative estimate of drug-likeness (QED) is 0.663. The van der Waals surface area contributed by atoms with Gasteiger partial charge in [0.2, 0.25) is 0 Å². The lowest BCUT2D eigenvalue weighted by atomic mass is 10.00. The van der Waals surface area contributed by atoms with E-state index in [1.165, 1.54) is 6.08 Å². The summed E-state index contributed by atoms with van der Waals surface area (Å²) in [5.41, 5.74) is 0.812. The Kier molecular flexibility index (Phi) is 3.82. The van der Waals surface area contributed by atoms with Gasteiger partial charge in [-0.3, -0.25) is 0 Å². The SMILES string of the molecule is O=C1C=CC[C@H]([C@@H](O)[C@@H](Cl)c2ccccc2)O1.